The number of carbonyl (C=O) groups is 1. The van der Waals surface area contributed by atoms with Crippen molar-refractivity contribution in [2.75, 3.05) is 10.6 Å². The number of nitrogens with one attached hydrogen (secondary N) is 2. The molecule has 0 fully saturated rings. The van der Waals surface area contributed by atoms with E-state index in [4.69, 9.17) is 0 Å². The van der Waals surface area contributed by atoms with Crippen molar-refractivity contribution in [1.82, 2.24) is 19.6 Å². The normalized spacial score (nSPS) is 10.7. The molecule has 0 spiro atoms. The van der Waals surface area contributed by atoms with Crippen molar-refractivity contribution >= 4 is 34.8 Å². The summed E-state index contributed by atoms with van der Waals surface area (Å²) in [4.78, 5) is 21.5. The molecule has 1 aromatic carbocycles. The Morgan fingerprint density at radius 2 is 1.92 bits per heavy atom. The summed E-state index contributed by atoms with van der Waals surface area (Å²) >= 11 is 1.60. The molecule has 0 unspecified atom stereocenters. The number of hydrogen-bond acceptors (Lipinski definition) is 5. The molecule has 0 saturated carbocycles. The largest absolute Gasteiger partial charge is 0.326 e. The van der Waals surface area contributed by atoms with Crippen LogP contribution in [0.5, 0.6) is 0 Å². The number of thiophene rings is 1. The molecule has 0 radical (unpaired) electrons. The number of carbonyl (C=O) groups excluding carboxylic acids is 1. The predicted molar refractivity (Wildman–Crippen MR) is 93.2 cm³/mol. The van der Waals surface area contributed by atoms with Crippen LogP contribution >= 0.6 is 11.3 Å². The van der Waals surface area contributed by atoms with Crippen LogP contribution in [0.15, 0.2) is 60.1 Å². The molecular formula is C16H12N6OS. The van der Waals surface area contributed by atoms with Crippen molar-refractivity contribution in [3.8, 4) is 10.6 Å². The van der Waals surface area contributed by atoms with Crippen molar-refractivity contribution in [3.05, 3.63) is 60.1 Å². The Hall–Kier alpha value is -3.26. The number of anilines is 2. The van der Waals surface area contributed by atoms with Crippen LogP contribution in [0, 0.1) is 0 Å². The van der Waals surface area contributed by atoms with Gasteiger partial charge in [0.2, 0.25) is 0 Å². The van der Waals surface area contributed by atoms with Gasteiger partial charge < -0.3 is 5.32 Å². The summed E-state index contributed by atoms with van der Waals surface area (Å²) in [6, 6.07) is 14.6. The lowest BCUT2D eigenvalue weighted by molar-refractivity contribution is 0.262. The van der Waals surface area contributed by atoms with Crippen LogP contribution < -0.4 is 10.6 Å². The lowest BCUT2D eigenvalue weighted by Gasteiger charge is -2.03. The Balaban J connectivity index is 1.59. The van der Waals surface area contributed by atoms with Gasteiger partial charge in [0.05, 0.1) is 10.6 Å². The lowest BCUT2D eigenvalue weighted by atomic mass is 10.3. The average Bonchev–Trinajstić information content (AvgIpc) is 3.24. The summed E-state index contributed by atoms with van der Waals surface area (Å²) in [6.07, 6.45) is 1.67. The van der Waals surface area contributed by atoms with Gasteiger partial charge in [-0.25, -0.2) is 9.78 Å². The fourth-order valence-electron chi connectivity index (χ4n) is 2.24. The second-order valence-corrected chi connectivity index (χ2v) is 5.85. The van der Waals surface area contributed by atoms with E-state index in [2.05, 4.69) is 25.7 Å². The number of rotatable bonds is 3. The quantitative estimate of drug-likeness (QED) is 0.600. The third-order valence-corrected chi connectivity index (χ3v) is 4.16. The van der Waals surface area contributed by atoms with Crippen LogP contribution in [0.1, 0.15) is 0 Å². The van der Waals surface area contributed by atoms with Gasteiger partial charge in [0, 0.05) is 11.9 Å². The SMILES string of the molecule is O=C(Nc1ccccc1)Nc1nc2nccc(-c3cccs3)n2n1. The highest BCUT2D eigenvalue weighted by molar-refractivity contribution is 7.13. The Morgan fingerprint density at radius 3 is 2.71 bits per heavy atom. The van der Waals surface area contributed by atoms with Gasteiger partial charge in [-0.1, -0.05) is 24.3 Å². The predicted octanol–water partition coefficient (Wildman–Crippen LogP) is 3.50. The van der Waals surface area contributed by atoms with E-state index in [0.717, 1.165) is 10.6 Å². The van der Waals surface area contributed by atoms with Crippen molar-refractivity contribution in [2.24, 2.45) is 0 Å². The first-order chi connectivity index (χ1) is 11.8. The number of hydrogen-bond donors (Lipinski definition) is 2. The van der Waals surface area contributed by atoms with E-state index in [1.54, 1.807) is 34.2 Å². The van der Waals surface area contributed by atoms with Gasteiger partial charge in [-0.05, 0) is 29.6 Å². The number of benzene rings is 1. The molecule has 118 valence electrons. The minimum Gasteiger partial charge on any atom is -0.308 e. The van der Waals surface area contributed by atoms with E-state index < -0.39 is 6.03 Å². The summed E-state index contributed by atoms with van der Waals surface area (Å²) in [6.45, 7) is 0. The molecule has 7 nitrogen and oxygen atoms in total. The first kappa shape index (κ1) is 14.3. The number of amides is 2. The monoisotopic (exact) mass is 336 g/mol. The Bertz CT molecular complexity index is 980. The topological polar surface area (TPSA) is 84.2 Å². The molecule has 3 aromatic heterocycles. The van der Waals surface area contributed by atoms with Gasteiger partial charge in [0.1, 0.15) is 0 Å². The number of aromatic nitrogens is 4. The van der Waals surface area contributed by atoms with Gasteiger partial charge >= 0.3 is 6.03 Å². The average molecular weight is 336 g/mol. The minimum atomic E-state index is -0.408. The van der Waals surface area contributed by atoms with E-state index in [0.29, 0.717) is 11.5 Å². The third kappa shape index (κ3) is 2.82. The van der Waals surface area contributed by atoms with E-state index in [1.807, 2.05) is 41.8 Å². The standard InChI is InChI=1S/C16H12N6OS/c23-16(18-11-5-2-1-3-6-11)20-14-19-15-17-9-8-12(22(15)21-14)13-7-4-10-24-13/h1-10H,(H2,18,20,21,23). The Morgan fingerprint density at radius 1 is 1.04 bits per heavy atom. The Labute approximate surface area is 141 Å². The first-order valence-electron chi connectivity index (χ1n) is 7.18. The third-order valence-electron chi connectivity index (χ3n) is 3.27. The highest BCUT2D eigenvalue weighted by Crippen LogP contribution is 2.24. The number of urea groups is 1. The maximum atomic E-state index is 12.0. The molecule has 24 heavy (non-hydrogen) atoms. The van der Waals surface area contributed by atoms with Gasteiger partial charge in [0.25, 0.3) is 11.7 Å². The maximum absolute atomic E-state index is 12.0. The van der Waals surface area contributed by atoms with Crippen molar-refractivity contribution in [3.63, 3.8) is 0 Å². The van der Waals surface area contributed by atoms with E-state index in [-0.39, 0.29) is 5.95 Å². The molecule has 4 aromatic rings. The molecular weight excluding hydrogens is 324 g/mol. The second kappa shape index (κ2) is 6.09. The van der Waals surface area contributed by atoms with Crippen LogP contribution in [-0.2, 0) is 0 Å². The zero-order chi connectivity index (χ0) is 16.4. The minimum absolute atomic E-state index is 0.194. The first-order valence-corrected chi connectivity index (χ1v) is 8.06. The summed E-state index contributed by atoms with van der Waals surface area (Å²) in [5, 5.41) is 11.7. The molecule has 0 aliphatic heterocycles. The molecule has 0 saturated heterocycles. The summed E-state index contributed by atoms with van der Waals surface area (Å²) in [7, 11) is 0. The fourth-order valence-corrected chi connectivity index (χ4v) is 2.98. The van der Waals surface area contributed by atoms with Crippen molar-refractivity contribution in [1.29, 1.82) is 0 Å². The van der Waals surface area contributed by atoms with Gasteiger partial charge in [0.15, 0.2) is 0 Å². The molecule has 0 aliphatic rings. The molecule has 2 N–H and O–H groups in total. The van der Waals surface area contributed by atoms with Crippen molar-refractivity contribution in [2.45, 2.75) is 0 Å². The lowest BCUT2D eigenvalue weighted by Crippen LogP contribution is -2.20. The second-order valence-electron chi connectivity index (χ2n) is 4.90. The molecule has 0 atom stereocenters. The zero-order valence-electron chi connectivity index (χ0n) is 12.4. The van der Waals surface area contributed by atoms with Gasteiger partial charge in [-0.3, -0.25) is 5.32 Å². The van der Waals surface area contributed by atoms with Crippen LogP contribution in [0.3, 0.4) is 0 Å². The molecule has 4 rings (SSSR count). The Kier molecular flexibility index (Phi) is 3.64. The molecule has 3 heterocycles. The number of para-hydroxylation sites is 1. The van der Waals surface area contributed by atoms with Crippen molar-refractivity contribution < 1.29 is 4.79 Å². The fraction of sp³-hybridized carbons (Fsp3) is 0. The van der Waals surface area contributed by atoms with E-state index in [9.17, 15) is 4.79 Å². The molecule has 2 amide bonds. The molecule has 8 heteroatoms. The number of fused-ring (bicyclic) bond motifs is 1. The summed E-state index contributed by atoms with van der Waals surface area (Å²) in [5.41, 5.74) is 1.56. The van der Waals surface area contributed by atoms with Crippen LogP contribution in [0.4, 0.5) is 16.4 Å². The van der Waals surface area contributed by atoms with Gasteiger partial charge in [-0.2, -0.15) is 9.50 Å². The zero-order valence-corrected chi connectivity index (χ0v) is 13.2. The van der Waals surface area contributed by atoms with Crippen LogP contribution in [0.2, 0.25) is 0 Å². The molecule has 0 bridgehead atoms. The highest BCUT2D eigenvalue weighted by Gasteiger charge is 2.12. The summed E-state index contributed by atoms with van der Waals surface area (Å²) < 4.78 is 1.62. The summed E-state index contributed by atoms with van der Waals surface area (Å²) in [5.74, 6) is 0.621. The van der Waals surface area contributed by atoms with Gasteiger partial charge in [-0.15, -0.1) is 16.4 Å². The van der Waals surface area contributed by atoms with E-state index >= 15 is 0 Å². The number of nitrogens with zero attached hydrogens (tertiary/aromatic N) is 4. The molecule has 0 aliphatic carbocycles. The maximum Gasteiger partial charge on any atom is 0.326 e. The van der Waals surface area contributed by atoms with Crippen LogP contribution in [0.25, 0.3) is 16.3 Å². The van der Waals surface area contributed by atoms with Crippen LogP contribution in [-0.4, -0.2) is 25.6 Å². The highest BCUT2D eigenvalue weighted by atomic mass is 32.1. The smallest absolute Gasteiger partial charge is 0.308 e. The van der Waals surface area contributed by atoms with E-state index in [1.165, 1.54) is 0 Å².